The molecule has 0 aliphatic rings. The molecule has 0 spiro atoms. The zero-order chi connectivity index (χ0) is 18.4. The molecule has 0 aliphatic heterocycles. The molecule has 2 aromatic carbocycles. The first-order chi connectivity index (χ1) is 11.9. The molecule has 0 fully saturated rings. The van der Waals surface area contributed by atoms with Crippen LogP contribution in [-0.4, -0.2) is 18.0 Å². The SMILES string of the molecule is C[C@@H](OC(=O)Cc1ccccc1Cl)C(=O)Nc1ccc(C#N)c(Cl)c1. The Hall–Kier alpha value is -2.55. The number of amides is 1. The van der Waals surface area contributed by atoms with Gasteiger partial charge in [-0.2, -0.15) is 5.26 Å². The number of anilines is 1. The number of hydrogen-bond donors (Lipinski definition) is 1. The highest BCUT2D eigenvalue weighted by atomic mass is 35.5. The molecular weight excluding hydrogens is 363 g/mol. The highest BCUT2D eigenvalue weighted by Gasteiger charge is 2.19. The molecule has 1 atom stereocenters. The van der Waals surface area contributed by atoms with Crippen molar-refractivity contribution in [3.05, 3.63) is 63.6 Å². The van der Waals surface area contributed by atoms with E-state index in [-0.39, 0.29) is 11.4 Å². The molecule has 25 heavy (non-hydrogen) atoms. The fourth-order valence-corrected chi connectivity index (χ4v) is 2.44. The third-order valence-corrected chi connectivity index (χ3v) is 4.01. The van der Waals surface area contributed by atoms with Crippen molar-refractivity contribution in [1.29, 1.82) is 5.26 Å². The molecule has 0 saturated heterocycles. The molecule has 2 rings (SSSR count). The minimum Gasteiger partial charge on any atom is -0.452 e. The number of halogens is 2. The predicted molar refractivity (Wildman–Crippen MR) is 95.5 cm³/mol. The standard InChI is InChI=1S/C18H14Cl2N2O3/c1-11(25-17(23)8-12-4-2-3-5-15(12)19)18(24)22-14-7-6-13(10-21)16(20)9-14/h2-7,9,11H,8H2,1H3,(H,22,24)/t11-/m1/s1. The maximum absolute atomic E-state index is 12.1. The number of carbonyl (C=O) groups excluding carboxylic acids is 2. The fraction of sp³-hybridized carbons (Fsp3) is 0.167. The van der Waals surface area contributed by atoms with E-state index in [0.717, 1.165) is 0 Å². The van der Waals surface area contributed by atoms with Gasteiger partial charge in [0.05, 0.1) is 17.0 Å². The number of hydrogen-bond acceptors (Lipinski definition) is 4. The Morgan fingerprint density at radius 3 is 2.56 bits per heavy atom. The summed E-state index contributed by atoms with van der Waals surface area (Å²) in [7, 11) is 0. The Kier molecular flexibility index (Phi) is 6.40. The molecule has 0 aromatic heterocycles. The van der Waals surface area contributed by atoms with Crippen LogP contribution in [-0.2, 0) is 20.7 Å². The second kappa shape index (κ2) is 8.52. The van der Waals surface area contributed by atoms with E-state index in [1.165, 1.54) is 19.1 Å². The van der Waals surface area contributed by atoms with Crippen molar-refractivity contribution in [3.63, 3.8) is 0 Å². The van der Waals surface area contributed by atoms with E-state index in [1.807, 2.05) is 6.07 Å². The van der Waals surface area contributed by atoms with Gasteiger partial charge < -0.3 is 10.1 Å². The van der Waals surface area contributed by atoms with Gasteiger partial charge in [-0.25, -0.2) is 0 Å². The average molecular weight is 377 g/mol. The minimum atomic E-state index is -0.996. The first kappa shape index (κ1) is 18.8. The van der Waals surface area contributed by atoms with E-state index < -0.39 is 18.0 Å². The normalized spacial score (nSPS) is 11.3. The first-order valence-corrected chi connectivity index (χ1v) is 8.09. The summed E-state index contributed by atoms with van der Waals surface area (Å²) in [5.41, 5.74) is 1.34. The average Bonchev–Trinajstić information content (AvgIpc) is 2.57. The van der Waals surface area contributed by atoms with Crippen molar-refractivity contribution >= 4 is 40.8 Å². The maximum atomic E-state index is 12.1. The van der Waals surface area contributed by atoms with Crippen LogP contribution in [0, 0.1) is 11.3 Å². The second-order valence-electron chi connectivity index (χ2n) is 5.20. The number of nitrogens with one attached hydrogen (secondary N) is 1. The van der Waals surface area contributed by atoms with Crippen LogP contribution in [0.15, 0.2) is 42.5 Å². The molecule has 0 aliphatic carbocycles. The lowest BCUT2D eigenvalue weighted by Gasteiger charge is -2.14. The summed E-state index contributed by atoms with van der Waals surface area (Å²) in [6.07, 6.45) is -1.02. The monoisotopic (exact) mass is 376 g/mol. The van der Waals surface area contributed by atoms with Gasteiger partial charge in [-0.05, 0) is 36.8 Å². The Balaban J connectivity index is 1.94. The number of esters is 1. The molecule has 2 aromatic rings. The van der Waals surface area contributed by atoms with Crippen LogP contribution in [0.1, 0.15) is 18.1 Å². The van der Waals surface area contributed by atoms with Gasteiger partial charge >= 0.3 is 5.97 Å². The van der Waals surface area contributed by atoms with Crippen LogP contribution < -0.4 is 5.32 Å². The van der Waals surface area contributed by atoms with Gasteiger partial charge in [-0.15, -0.1) is 0 Å². The van der Waals surface area contributed by atoms with E-state index in [9.17, 15) is 9.59 Å². The van der Waals surface area contributed by atoms with Crippen molar-refractivity contribution in [2.24, 2.45) is 0 Å². The zero-order valence-corrected chi connectivity index (χ0v) is 14.8. The number of benzene rings is 2. The Morgan fingerprint density at radius 2 is 1.92 bits per heavy atom. The summed E-state index contributed by atoms with van der Waals surface area (Å²) in [4.78, 5) is 24.1. The summed E-state index contributed by atoms with van der Waals surface area (Å²) in [5.74, 6) is -1.07. The summed E-state index contributed by atoms with van der Waals surface area (Å²) >= 11 is 11.9. The topological polar surface area (TPSA) is 79.2 Å². The van der Waals surface area contributed by atoms with Crippen molar-refractivity contribution < 1.29 is 14.3 Å². The van der Waals surface area contributed by atoms with Crippen LogP contribution in [0.3, 0.4) is 0 Å². The molecule has 0 heterocycles. The number of nitrogens with zero attached hydrogens (tertiary/aromatic N) is 1. The van der Waals surface area contributed by atoms with Gasteiger partial charge in [-0.1, -0.05) is 41.4 Å². The van der Waals surface area contributed by atoms with Crippen LogP contribution in [0.25, 0.3) is 0 Å². The minimum absolute atomic E-state index is 0.0278. The summed E-state index contributed by atoms with van der Waals surface area (Å²) in [5, 5.41) is 12.1. The van der Waals surface area contributed by atoms with Crippen molar-refractivity contribution in [2.75, 3.05) is 5.32 Å². The predicted octanol–water partition coefficient (Wildman–Crippen LogP) is 3.98. The Labute approximate surface area is 155 Å². The van der Waals surface area contributed by atoms with E-state index in [1.54, 1.807) is 30.3 Å². The molecule has 0 saturated carbocycles. The van der Waals surface area contributed by atoms with Crippen LogP contribution in [0.4, 0.5) is 5.69 Å². The lowest BCUT2D eigenvalue weighted by atomic mass is 10.1. The van der Waals surface area contributed by atoms with E-state index in [2.05, 4.69) is 5.32 Å². The van der Waals surface area contributed by atoms with Gasteiger partial charge in [0.1, 0.15) is 6.07 Å². The number of carbonyl (C=O) groups is 2. The van der Waals surface area contributed by atoms with Gasteiger partial charge in [0, 0.05) is 10.7 Å². The maximum Gasteiger partial charge on any atom is 0.311 e. The van der Waals surface area contributed by atoms with E-state index >= 15 is 0 Å². The van der Waals surface area contributed by atoms with Gasteiger partial charge in [-0.3, -0.25) is 9.59 Å². The van der Waals surface area contributed by atoms with Crippen LogP contribution >= 0.6 is 23.2 Å². The van der Waals surface area contributed by atoms with Gasteiger partial charge in [0.2, 0.25) is 0 Å². The largest absolute Gasteiger partial charge is 0.452 e. The van der Waals surface area contributed by atoms with Crippen molar-refractivity contribution in [1.82, 2.24) is 0 Å². The summed E-state index contributed by atoms with van der Waals surface area (Å²) in [6.45, 7) is 1.46. The van der Waals surface area contributed by atoms with Gasteiger partial charge in [0.15, 0.2) is 6.10 Å². The molecule has 0 bridgehead atoms. The zero-order valence-electron chi connectivity index (χ0n) is 13.3. The van der Waals surface area contributed by atoms with E-state index in [4.69, 9.17) is 33.2 Å². The first-order valence-electron chi connectivity index (χ1n) is 7.34. The molecule has 0 radical (unpaired) electrons. The number of ether oxygens (including phenoxy) is 1. The third-order valence-electron chi connectivity index (χ3n) is 3.33. The highest BCUT2D eigenvalue weighted by molar-refractivity contribution is 6.32. The fourth-order valence-electron chi connectivity index (χ4n) is 2.02. The van der Waals surface area contributed by atoms with Crippen molar-refractivity contribution in [3.8, 4) is 6.07 Å². The molecule has 0 unspecified atom stereocenters. The molecule has 128 valence electrons. The second-order valence-corrected chi connectivity index (χ2v) is 6.01. The lowest BCUT2D eigenvalue weighted by Crippen LogP contribution is -2.30. The number of rotatable bonds is 5. The third kappa shape index (κ3) is 5.21. The van der Waals surface area contributed by atoms with Gasteiger partial charge in [0.25, 0.3) is 5.91 Å². The molecule has 1 amide bonds. The Morgan fingerprint density at radius 1 is 1.20 bits per heavy atom. The smallest absolute Gasteiger partial charge is 0.311 e. The van der Waals surface area contributed by atoms with Crippen LogP contribution in [0.2, 0.25) is 10.0 Å². The van der Waals surface area contributed by atoms with E-state index in [0.29, 0.717) is 21.8 Å². The lowest BCUT2D eigenvalue weighted by molar-refractivity contribution is -0.152. The summed E-state index contributed by atoms with van der Waals surface area (Å²) < 4.78 is 5.12. The number of nitriles is 1. The summed E-state index contributed by atoms with van der Waals surface area (Å²) in [6, 6.07) is 13.3. The quantitative estimate of drug-likeness (QED) is 0.800. The molecular formula is C18H14Cl2N2O3. The molecule has 1 N–H and O–H groups in total. The molecule has 5 nitrogen and oxygen atoms in total. The molecule has 7 heteroatoms. The highest BCUT2D eigenvalue weighted by Crippen LogP contribution is 2.20. The Bertz CT molecular complexity index is 846. The van der Waals surface area contributed by atoms with Crippen molar-refractivity contribution in [2.45, 2.75) is 19.4 Å². The van der Waals surface area contributed by atoms with Crippen LogP contribution in [0.5, 0.6) is 0 Å².